The van der Waals surface area contributed by atoms with Gasteiger partial charge >= 0.3 is 0 Å². The van der Waals surface area contributed by atoms with Crippen LogP contribution in [0, 0.1) is 0 Å². The van der Waals surface area contributed by atoms with Crippen LogP contribution in [0.1, 0.15) is 142 Å². The molecule has 0 heterocycles. The van der Waals surface area contributed by atoms with Crippen molar-refractivity contribution < 1.29 is 14.8 Å². The van der Waals surface area contributed by atoms with Crippen LogP contribution in [-0.4, -0.2) is 47.2 Å². The van der Waals surface area contributed by atoms with Crippen LogP contribution in [0.2, 0.25) is 0 Å². The number of nitrogens with zero attached hydrogens (tertiary/aromatic N) is 2. The molecule has 2 aromatic rings. The van der Waals surface area contributed by atoms with Crippen LogP contribution < -0.4 is 26.2 Å². The van der Waals surface area contributed by atoms with Gasteiger partial charge in [0.2, 0.25) is 10.9 Å². The second kappa shape index (κ2) is 21.6. The molecular weight excluding hydrogens is 645 g/mol. The molecule has 2 aromatic carbocycles. The molecule has 0 bridgehead atoms. The van der Waals surface area contributed by atoms with E-state index in [4.69, 9.17) is 0 Å². The highest BCUT2D eigenvalue weighted by molar-refractivity contribution is 6.05. The van der Waals surface area contributed by atoms with Crippen LogP contribution in [0.25, 0.3) is 17.2 Å². The summed E-state index contributed by atoms with van der Waals surface area (Å²) in [4.78, 5) is 28.6. The SMILES string of the molecule is CCCCCCCCCCCCCCCC[N+](C)=C1C=CC(=c2c(=O)c(=CC3=C(O)C(c4ccc(N(CCCC)CCCC)cc4)=C3O)c2=O)C=C1. The molecule has 0 saturated carbocycles. The molecule has 6 heteroatoms. The minimum Gasteiger partial charge on any atom is -0.506 e. The Kier molecular flexibility index (Phi) is 16.9. The average molecular weight is 710 g/mol. The lowest BCUT2D eigenvalue weighted by Gasteiger charge is -2.26. The fraction of sp³-hybridized carbons (Fsp3) is 0.543. The van der Waals surface area contributed by atoms with E-state index in [1.54, 1.807) is 0 Å². The van der Waals surface area contributed by atoms with Gasteiger partial charge in [-0.05, 0) is 60.8 Å². The van der Waals surface area contributed by atoms with Gasteiger partial charge in [-0.2, -0.15) is 0 Å². The van der Waals surface area contributed by atoms with E-state index >= 15 is 0 Å². The summed E-state index contributed by atoms with van der Waals surface area (Å²) in [5.74, 6) is -0.210. The Hall–Kier alpha value is -3.93. The van der Waals surface area contributed by atoms with Gasteiger partial charge in [-0.15, -0.1) is 0 Å². The van der Waals surface area contributed by atoms with Crippen LogP contribution in [0.4, 0.5) is 5.69 Å². The minimum absolute atomic E-state index is 0.0148. The van der Waals surface area contributed by atoms with Gasteiger partial charge < -0.3 is 15.1 Å². The average Bonchev–Trinajstić information content (AvgIpc) is 3.16. The zero-order chi connectivity index (χ0) is 37.3. The van der Waals surface area contributed by atoms with E-state index in [2.05, 4.69) is 37.3 Å². The largest absolute Gasteiger partial charge is 0.506 e. The molecule has 0 radical (unpaired) electrons. The molecule has 2 aliphatic carbocycles. The van der Waals surface area contributed by atoms with Crippen molar-refractivity contribution in [3.63, 3.8) is 0 Å². The van der Waals surface area contributed by atoms with Gasteiger partial charge in [0, 0.05) is 37.3 Å². The van der Waals surface area contributed by atoms with Crippen LogP contribution in [0.5, 0.6) is 0 Å². The first-order chi connectivity index (χ1) is 25.3. The van der Waals surface area contributed by atoms with Crippen molar-refractivity contribution >= 4 is 28.6 Å². The fourth-order valence-electron chi connectivity index (χ4n) is 7.25. The molecule has 2 aliphatic rings. The third-order valence-corrected chi connectivity index (χ3v) is 10.7. The molecule has 0 amide bonds. The highest BCUT2D eigenvalue weighted by atomic mass is 16.3. The Bertz CT molecular complexity index is 1750. The number of anilines is 1. The van der Waals surface area contributed by atoms with E-state index in [1.165, 1.54) is 89.5 Å². The summed E-state index contributed by atoms with van der Waals surface area (Å²) in [6.07, 6.45) is 32.3. The van der Waals surface area contributed by atoms with Crippen molar-refractivity contribution in [1.82, 2.24) is 0 Å². The molecule has 0 fully saturated rings. The lowest BCUT2D eigenvalue weighted by molar-refractivity contribution is -0.496. The summed E-state index contributed by atoms with van der Waals surface area (Å²) in [6, 6.07) is 7.85. The van der Waals surface area contributed by atoms with Gasteiger partial charge in [0.05, 0.1) is 21.6 Å². The molecule has 4 rings (SSSR count). The van der Waals surface area contributed by atoms with E-state index in [0.717, 1.165) is 63.1 Å². The summed E-state index contributed by atoms with van der Waals surface area (Å²) < 4.78 is 2.23. The lowest BCUT2D eigenvalue weighted by Crippen LogP contribution is -2.65. The molecule has 6 nitrogen and oxygen atoms in total. The number of hydrogen-bond acceptors (Lipinski definition) is 5. The topological polar surface area (TPSA) is 80.8 Å². The summed E-state index contributed by atoms with van der Waals surface area (Å²) in [5.41, 5.74) is 3.21. The van der Waals surface area contributed by atoms with Gasteiger partial charge in [0.15, 0.2) is 5.71 Å². The van der Waals surface area contributed by atoms with Crippen LogP contribution >= 0.6 is 0 Å². The van der Waals surface area contributed by atoms with Crippen LogP contribution in [-0.2, 0) is 0 Å². The number of unbranched alkanes of at least 4 members (excludes halogenated alkanes) is 15. The molecule has 52 heavy (non-hydrogen) atoms. The second-order valence-corrected chi connectivity index (χ2v) is 14.9. The van der Waals surface area contributed by atoms with Crippen LogP contribution in [0.3, 0.4) is 0 Å². The van der Waals surface area contributed by atoms with E-state index in [1.807, 2.05) is 48.6 Å². The van der Waals surface area contributed by atoms with Crippen molar-refractivity contribution in [1.29, 1.82) is 0 Å². The number of allylic oxidation sites excluding steroid dienone is 6. The summed E-state index contributed by atoms with van der Waals surface area (Å²) >= 11 is 0. The van der Waals surface area contributed by atoms with Crippen molar-refractivity contribution in [2.75, 3.05) is 31.6 Å². The third-order valence-electron chi connectivity index (χ3n) is 10.7. The zero-order valence-electron chi connectivity index (χ0n) is 32.7. The molecule has 0 saturated heterocycles. The molecule has 0 spiro atoms. The first-order valence-corrected chi connectivity index (χ1v) is 20.5. The number of aliphatic hydroxyl groups excluding tert-OH is 2. The van der Waals surface area contributed by atoms with E-state index in [-0.39, 0.29) is 38.4 Å². The van der Waals surface area contributed by atoms with E-state index < -0.39 is 0 Å². The van der Waals surface area contributed by atoms with Crippen molar-refractivity contribution in [2.24, 2.45) is 0 Å². The van der Waals surface area contributed by atoms with Gasteiger partial charge in [0.1, 0.15) is 25.1 Å². The van der Waals surface area contributed by atoms with Crippen molar-refractivity contribution in [2.45, 2.75) is 136 Å². The smallest absolute Gasteiger partial charge is 0.201 e. The van der Waals surface area contributed by atoms with Gasteiger partial charge in [-0.3, -0.25) is 9.59 Å². The maximum Gasteiger partial charge on any atom is 0.201 e. The van der Waals surface area contributed by atoms with E-state index in [0.29, 0.717) is 16.7 Å². The molecule has 282 valence electrons. The fourth-order valence-corrected chi connectivity index (χ4v) is 7.25. The van der Waals surface area contributed by atoms with Crippen molar-refractivity contribution in [3.05, 3.63) is 102 Å². The standard InChI is InChI=1S/C46H64N2O4/c1-5-8-11-12-13-14-15-16-17-18-19-20-21-22-31-47(4)37-27-23-35(24-28-37)41-43(49)39(44(41)50)34-40-45(51)42(46(40)52)36-25-29-38(30-26-36)48(32-9-6-2)33-10-7-3/h23-30,34H,5-22,31-33H2,1-4H3,(H-,49,50,51,52)/p+1. The third kappa shape index (κ3) is 11.0. The minimum atomic E-state index is -0.362. The number of rotatable bonds is 24. The van der Waals surface area contributed by atoms with Gasteiger partial charge in [-0.1, -0.05) is 123 Å². The molecular formula is C46H65N2O4+. The quantitative estimate of drug-likeness (QED) is 0.0840. The molecule has 0 aromatic heterocycles. The monoisotopic (exact) mass is 709 g/mol. The summed E-state index contributed by atoms with van der Waals surface area (Å²) in [7, 11) is 2.09. The predicted octanol–water partition coefficient (Wildman–Crippen LogP) is 9.11. The lowest BCUT2D eigenvalue weighted by atomic mass is 9.87. The maximum absolute atomic E-state index is 13.1. The van der Waals surface area contributed by atoms with Crippen molar-refractivity contribution in [3.8, 4) is 0 Å². The molecule has 0 atom stereocenters. The molecule has 2 N–H and O–H groups in total. The summed E-state index contributed by atoms with van der Waals surface area (Å²) in [5, 5.41) is 21.9. The van der Waals surface area contributed by atoms with Gasteiger partial charge in [0.25, 0.3) is 0 Å². The first-order valence-electron chi connectivity index (χ1n) is 20.5. The number of aliphatic hydroxyl groups is 2. The Labute approximate surface area is 312 Å². The normalized spacial score (nSPS) is 14.2. The Morgan fingerprint density at radius 3 is 1.58 bits per heavy atom. The maximum atomic E-state index is 13.1. The first kappa shape index (κ1) is 40.8. The van der Waals surface area contributed by atoms with E-state index in [9.17, 15) is 19.8 Å². The predicted molar refractivity (Wildman–Crippen MR) is 221 cm³/mol. The zero-order valence-corrected chi connectivity index (χ0v) is 32.7. The number of benzene rings is 1. The molecule has 0 aliphatic heterocycles. The summed E-state index contributed by atoms with van der Waals surface area (Å²) in [6.45, 7) is 9.61. The highest BCUT2D eigenvalue weighted by Crippen LogP contribution is 2.40. The Morgan fingerprint density at radius 1 is 0.615 bits per heavy atom. The van der Waals surface area contributed by atoms with Gasteiger partial charge in [-0.25, -0.2) is 4.58 Å². The Balaban J connectivity index is 1.27. The van der Waals surface area contributed by atoms with Crippen LogP contribution in [0.15, 0.2) is 75.3 Å². The highest BCUT2D eigenvalue weighted by Gasteiger charge is 2.30. The number of hydrogen-bond donors (Lipinski definition) is 2. The Morgan fingerprint density at radius 2 is 1.10 bits per heavy atom. The second-order valence-electron chi connectivity index (χ2n) is 14.9. The molecule has 0 unspecified atom stereocenters.